The number of hydrogen-bond acceptors (Lipinski definition) is 4. The van der Waals surface area contributed by atoms with Gasteiger partial charge in [-0.3, -0.25) is 14.8 Å². The number of rotatable bonds is 5. The molecule has 0 unspecified atom stereocenters. The fourth-order valence-corrected chi connectivity index (χ4v) is 5.47. The Morgan fingerprint density at radius 2 is 1.77 bits per heavy atom. The van der Waals surface area contributed by atoms with Gasteiger partial charge in [0.2, 0.25) is 0 Å². The lowest BCUT2D eigenvalue weighted by Crippen LogP contribution is -2.48. The molecule has 1 aromatic heterocycles. The van der Waals surface area contributed by atoms with Gasteiger partial charge in [-0.1, -0.05) is 23.8 Å². The normalized spacial score (nSPS) is 22.3. The quantitative estimate of drug-likeness (QED) is 0.704. The molecule has 0 amide bonds. The molecule has 0 radical (unpaired) electrons. The monoisotopic (exact) mass is 416 g/mol. The number of benzene rings is 1. The van der Waals surface area contributed by atoms with Gasteiger partial charge < -0.3 is 4.90 Å². The van der Waals surface area contributed by atoms with Crippen molar-refractivity contribution in [2.24, 2.45) is 0 Å². The molecule has 0 spiro atoms. The van der Waals surface area contributed by atoms with Gasteiger partial charge in [0.25, 0.3) is 0 Å². The van der Waals surface area contributed by atoms with E-state index in [0.717, 1.165) is 50.9 Å². The highest BCUT2D eigenvalue weighted by atomic mass is 15.3. The van der Waals surface area contributed by atoms with Gasteiger partial charge in [0.15, 0.2) is 0 Å². The third-order valence-corrected chi connectivity index (χ3v) is 7.49. The summed E-state index contributed by atoms with van der Waals surface area (Å²) in [7, 11) is 0. The van der Waals surface area contributed by atoms with Gasteiger partial charge in [0.1, 0.15) is 0 Å². The lowest BCUT2D eigenvalue weighted by atomic mass is 10.0. The van der Waals surface area contributed by atoms with Crippen molar-refractivity contribution in [3.05, 3.63) is 53.2 Å². The molecule has 3 heterocycles. The summed E-state index contributed by atoms with van der Waals surface area (Å²) in [5.41, 5.74) is 8.01. The van der Waals surface area contributed by atoms with Crippen molar-refractivity contribution in [3.8, 4) is 11.3 Å². The highest BCUT2D eigenvalue weighted by Gasteiger charge is 2.24. The third-order valence-electron chi connectivity index (χ3n) is 7.49. The Bertz CT molecular complexity index is 938. The minimum Gasteiger partial charge on any atom is -0.369 e. The van der Waals surface area contributed by atoms with Crippen LogP contribution in [0.15, 0.2) is 42.1 Å². The number of piperazine rings is 1. The van der Waals surface area contributed by atoms with Gasteiger partial charge in [-0.05, 0) is 70.3 Å². The predicted octanol–water partition coefficient (Wildman–Crippen LogP) is 4.70. The molecule has 0 bridgehead atoms. The molecule has 2 aromatic rings. The van der Waals surface area contributed by atoms with Gasteiger partial charge in [0, 0.05) is 67.8 Å². The minimum atomic E-state index is 0.641. The van der Waals surface area contributed by atoms with Crippen LogP contribution in [0, 0.1) is 0 Å². The van der Waals surface area contributed by atoms with Gasteiger partial charge in [-0.15, -0.1) is 0 Å². The van der Waals surface area contributed by atoms with E-state index in [2.05, 4.69) is 71.9 Å². The number of aromatic nitrogens is 1. The Morgan fingerprint density at radius 1 is 1.00 bits per heavy atom. The van der Waals surface area contributed by atoms with Crippen molar-refractivity contribution in [2.75, 3.05) is 44.2 Å². The summed E-state index contributed by atoms with van der Waals surface area (Å²) in [6.45, 7) is 13.8. The standard InChI is InChI=1S/C27H36N4/c1-20(2)29-13-15-30(16-14-29)25-8-6-23(7-9-25)27-26-18-22(17-24(26)10-11-28-27)19-31-12-4-5-21(31)3/h6-11,18,20-21H,4-5,12-17,19H2,1-3H3/t21-/m0/s1. The van der Waals surface area contributed by atoms with E-state index in [0.29, 0.717) is 6.04 Å². The van der Waals surface area contributed by atoms with E-state index in [1.165, 1.54) is 47.3 Å². The van der Waals surface area contributed by atoms with Crippen LogP contribution in [0.1, 0.15) is 44.7 Å². The number of likely N-dealkylation sites (tertiary alicyclic amines) is 1. The van der Waals surface area contributed by atoms with Crippen molar-refractivity contribution < 1.29 is 0 Å². The Kier molecular flexibility index (Phi) is 5.85. The number of nitrogens with zero attached hydrogens (tertiary/aromatic N) is 4. The second kappa shape index (κ2) is 8.76. The van der Waals surface area contributed by atoms with Crippen molar-refractivity contribution >= 4 is 11.8 Å². The topological polar surface area (TPSA) is 22.6 Å². The second-order valence-corrected chi connectivity index (χ2v) is 9.84. The molecule has 2 aliphatic heterocycles. The van der Waals surface area contributed by atoms with Gasteiger partial charge in [-0.2, -0.15) is 0 Å². The molecule has 1 aromatic carbocycles. The van der Waals surface area contributed by atoms with Crippen LogP contribution in [0.4, 0.5) is 5.69 Å². The zero-order valence-electron chi connectivity index (χ0n) is 19.3. The highest BCUT2D eigenvalue weighted by molar-refractivity contribution is 5.78. The number of pyridine rings is 1. The van der Waals surface area contributed by atoms with Crippen LogP contribution in [0.3, 0.4) is 0 Å². The van der Waals surface area contributed by atoms with E-state index < -0.39 is 0 Å². The van der Waals surface area contributed by atoms with Gasteiger partial charge in [0.05, 0.1) is 5.69 Å². The molecular formula is C27H36N4. The molecule has 4 nitrogen and oxygen atoms in total. The smallest absolute Gasteiger partial charge is 0.0777 e. The van der Waals surface area contributed by atoms with Gasteiger partial charge in [-0.25, -0.2) is 0 Å². The summed E-state index contributed by atoms with van der Waals surface area (Å²) >= 11 is 0. The Labute approximate surface area is 187 Å². The Balaban J connectivity index is 1.31. The van der Waals surface area contributed by atoms with Crippen molar-refractivity contribution in [2.45, 2.75) is 52.1 Å². The fraction of sp³-hybridized carbons (Fsp3) is 0.519. The largest absolute Gasteiger partial charge is 0.369 e. The van der Waals surface area contributed by atoms with Crippen molar-refractivity contribution in [1.29, 1.82) is 0 Å². The molecule has 4 heteroatoms. The molecule has 0 N–H and O–H groups in total. The summed E-state index contributed by atoms with van der Waals surface area (Å²) in [4.78, 5) is 12.5. The fourth-order valence-electron chi connectivity index (χ4n) is 5.47. The first-order chi connectivity index (χ1) is 15.1. The van der Waals surface area contributed by atoms with E-state index >= 15 is 0 Å². The Morgan fingerprint density at radius 3 is 2.45 bits per heavy atom. The SMILES string of the molecule is CC(C)N1CCN(c2ccc(-c3nccc4c3C=C(CN3CCC[C@@H]3C)C4)cc2)CC1. The summed E-state index contributed by atoms with van der Waals surface area (Å²) < 4.78 is 0. The summed E-state index contributed by atoms with van der Waals surface area (Å²) in [5, 5.41) is 0. The lowest BCUT2D eigenvalue weighted by molar-refractivity contribution is 0.209. The molecule has 2 fully saturated rings. The first-order valence-electron chi connectivity index (χ1n) is 12.1. The average Bonchev–Trinajstić information content (AvgIpc) is 3.39. The van der Waals surface area contributed by atoms with E-state index in [1.807, 2.05) is 6.20 Å². The van der Waals surface area contributed by atoms with E-state index in [9.17, 15) is 0 Å². The molecule has 1 aliphatic carbocycles. The van der Waals surface area contributed by atoms with E-state index in [4.69, 9.17) is 4.98 Å². The maximum Gasteiger partial charge on any atom is 0.0777 e. The molecule has 0 saturated carbocycles. The van der Waals surface area contributed by atoms with Crippen molar-refractivity contribution in [3.63, 3.8) is 0 Å². The summed E-state index contributed by atoms with van der Waals surface area (Å²) in [6, 6.07) is 12.7. The number of anilines is 1. The van der Waals surface area contributed by atoms with Gasteiger partial charge >= 0.3 is 0 Å². The zero-order chi connectivity index (χ0) is 21.4. The summed E-state index contributed by atoms with van der Waals surface area (Å²) in [5.74, 6) is 0. The van der Waals surface area contributed by atoms with E-state index in [-0.39, 0.29) is 0 Å². The second-order valence-electron chi connectivity index (χ2n) is 9.84. The average molecular weight is 417 g/mol. The highest BCUT2D eigenvalue weighted by Crippen LogP contribution is 2.34. The molecular weight excluding hydrogens is 380 g/mol. The molecule has 3 aliphatic rings. The summed E-state index contributed by atoms with van der Waals surface area (Å²) in [6.07, 6.45) is 8.16. The molecule has 31 heavy (non-hydrogen) atoms. The maximum absolute atomic E-state index is 4.79. The maximum atomic E-state index is 4.79. The predicted molar refractivity (Wildman–Crippen MR) is 131 cm³/mol. The van der Waals surface area contributed by atoms with Crippen LogP contribution < -0.4 is 4.90 Å². The Hall–Kier alpha value is -2.17. The molecule has 5 rings (SSSR count). The minimum absolute atomic E-state index is 0.641. The molecule has 1 atom stereocenters. The van der Waals surface area contributed by atoms with Crippen LogP contribution in [0.5, 0.6) is 0 Å². The number of hydrogen-bond donors (Lipinski definition) is 0. The zero-order valence-corrected chi connectivity index (χ0v) is 19.3. The van der Waals surface area contributed by atoms with Crippen molar-refractivity contribution in [1.82, 2.24) is 14.8 Å². The van der Waals surface area contributed by atoms with Crippen LogP contribution in [-0.2, 0) is 6.42 Å². The molecule has 164 valence electrons. The number of fused-ring (bicyclic) bond motifs is 1. The van der Waals surface area contributed by atoms with E-state index in [1.54, 1.807) is 0 Å². The van der Waals surface area contributed by atoms with Crippen LogP contribution in [0.2, 0.25) is 0 Å². The van der Waals surface area contributed by atoms with Crippen LogP contribution >= 0.6 is 0 Å². The lowest BCUT2D eigenvalue weighted by Gasteiger charge is -2.38. The first kappa shape index (κ1) is 20.7. The van der Waals surface area contributed by atoms with Crippen LogP contribution in [0.25, 0.3) is 17.3 Å². The first-order valence-corrected chi connectivity index (χ1v) is 12.1. The third kappa shape index (κ3) is 4.28. The van der Waals surface area contributed by atoms with Crippen LogP contribution in [-0.4, -0.2) is 66.1 Å². The molecule has 2 saturated heterocycles.